The van der Waals surface area contributed by atoms with Gasteiger partial charge in [-0.25, -0.2) is 0 Å². The molecule has 1 unspecified atom stereocenters. The number of hydrogen-bond acceptors (Lipinski definition) is 3. The topological polar surface area (TPSA) is 49.8 Å². The highest BCUT2D eigenvalue weighted by Crippen LogP contribution is 2.38. The van der Waals surface area contributed by atoms with Crippen LogP contribution in [0.2, 0.25) is 0 Å². The minimum atomic E-state index is 0. The van der Waals surface area contributed by atoms with Crippen LogP contribution in [0.1, 0.15) is 24.1 Å². The van der Waals surface area contributed by atoms with E-state index in [1.165, 1.54) is 18.4 Å². The monoisotopic (exact) mass is 416 g/mol. The third-order valence-electron chi connectivity index (χ3n) is 4.67. The Balaban J connectivity index is 0.00000176. The van der Waals surface area contributed by atoms with Gasteiger partial charge in [-0.3, -0.25) is 9.98 Å². The Morgan fingerprint density at radius 3 is 3.05 bits per heavy atom. The Bertz CT molecular complexity index is 529. The number of guanidine groups is 1. The Morgan fingerprint density at radius 1 is 1.50 bits per heavy atom. The van der Waals surface area contributed by atoms with E-state index in [2.05, 4.69) is 33.2 Å². The largest absolute Gasteiger partial charge is 0.381 e. The van der Waals surface area contributed by atoms with Crippen molar-refractivity contribution in [2.45, 2.75) is 26.3 Å². The highest BCUT2D eigenvalue weighted by Gasteiger charge is 2.42. The van der Waals surface area contributed by atoms with Crippen molar-refractivity contribution in [3.63, 3.8) is 0 Å². The molecule has 3 rings (SSSR count). The lowest BCUT2D eigenvalue weighted by atomic mass is 9.87. The molecule has 5 nitrogen and oxygen atoms in total. The zero-order valence-corrected chi connectivity index (χ0v) is 15.7. The minimum absolute atomic E-state index is 0. The summed E-state index contributed by atoms with van der Waals surface area (Å²) in [6.07, 6.45) is 4.23. The second kappa shape index (κ2) is 7.59. The Labute approximate surface area is 149 Å². The lowest BCUT2D eigenvalue weighted by Gasteiger charge is -2.25. The first-order valence-electron chi connectivity index (χ1n) is 7.66. The van der Waals surface area contributed by atoms with E-state index in [1.807, 2.05) is 19.3 Å². The number of pyridine rings is 1. The summed E-state index contributed by atoms with van der Waals surface area (Å²) in [6, 6.07) is 4.06. The van der Waals surface area contributed by atoms with E-state index in [0.29, 0.717) is 5.41 Å². The highest BCUT2D eigenvalue weighted by atomic mass is 127. The van der Waals surface area contributed by atoms with Crippen LogP contribution in [0.25, 0.3) is 0 Å². The molecule has 3 heterocycles. The maximum atomic E-state index is 5.59. The first-order valence-corrected chi connectivity index (χ1v) is 7.66. The molecule has 6 heteroatoms. The number of ether oxygens (including phenoxy) is 1. The summed E-state index contributed by atoms with van der Waals surface area (Å²) in [6.45, 7) is 6.73. The van der Waals surface area contributed by atoms with E-state index >= 15 is 0 Å². The van der Waals surface area contributed by atoms with Gasteiger partial charge in [0.25, 0.3) is 0 Å². The molecule has 0 bridgehead atoms. The van der Waals surface area contributed by atoms with Crippen molar-refractivity contribution in [1.82, 2.24) is 15.2 Å². The fraction of sp³-hybridized carbons (Fsp3) is 0.625. The molecule has 2 saturated heterocycles. The van der Waals surface area contributed by atoms with E-state index in [-0.39, 0.29) is 24.0 Å². The van der Waals surface area contributed by atoms with Crippen LogP contribution in [0.5, 0.6) is 0 Å². The molecule has 1 N–H and O–H groups in total. The number of halogens is 1. The minimum Gasteiger partial charge on any atom is -0.381 e. The fourth-order valence-corrected chi connectivity index (χ4v) is 3.29. The summed E-state index contributed by atoms with van der Waals surface area (Å²) in [5.74, 6) is 0.976. The van der Waals surface area contributed by atoms with Gasteiger partial charge in [-0.2, -0.15) is 0 Å². The molecular weight excluding hydrogens is 391 g/mol. The van der Waals surface area contributed by atoms with Crippen LogP contribution in [-0.2, 0) is 11.3 Å². The van der Waals surface area contributed by atoms with Crippen molar-refractivity contribution >= 4 is 29.9 Å². The summed E-state index contributed by atoms with van der Waals surface area (Å²) in [4.78, 5) is 11.2. The molecule has 1 spiro atoms. The normalized spacial score (nSPS) is 24.6. The van der Waals surface area contributed by atoms with Gasteiger partial charge in [0.1, 0.15) is 0 Å². The van der Waals surface area contributed by atoms with Gasteiger partial charge in [0, 0.05) is 38.4 Å². The SMILES string of the molecule is CN=C(NCc1ncccc1C)N1CCC2(CCOC2)C1.I. The summed E-state index contributed by atoms with van der Waals surface area (Å²) in [5, 5.41) is 3.45. The number of aryl methyl sites for hydroxylation is 1. The van der Waals surface area contributed by atoms with Gasteiger partial charge in [-0.1, -0.05) is 6.07 Å². The van der Waals surface area contributed by atoms with Crippen LogP contribution in [0.4, 0.5) is 0 Å². The summed E-state index contributed by atoms with van der Waals surface area (Å²) in [5.41, 5.74) is 2.65. The zero-order chi connectivity index (χ0) is 14.7. The van der Waals surface area contributed by atoms with Gasteiger partial charge in [-0.15, -0.1) is 24.0 Å². The molecule has 1 atom stereocenters. The Kier molecular flexibility index (Phi) is 6.02. The maximum Gasteiger partial charge on any atom is 0.193 e. The Morgan fingerprint density at radius 2 is 2.36 bits per heavy atom. The predicted molar refractivity (Wildman–Crippen MR) is 98.6 cm³/mol. The molecule has 2 aliphatic heterocycles. The van der Waals surface area contributed by atoms with E-state index in [0.717, 1.165) is 44.5 Å². The highest BCUT2D eigenvalue weighted by molar-refractivity contribution is 14.0. The van der Waals surface area contributed by atoms with Crippen LogP contribution in [0, 0.1) is 12.3 Å². The standard InChI is InChI=1S/C16H24N4O.HI/c1-13-4-3-7-18-14(13)10-19-15(17-2)20-8-5-16(11-20)6-9-21-12-16;/h3-4,7H,5-6,8-12H2,1-2H3,(H,17,19);1H. The van der Waals surface area contributed by atoms with Crippen LogP contribution >= 0.6 is 24.0 Å². The molecule has 0 radical (unpaired) electrons. The number of rotatable bonds is 2. The molecule has 0 saturated carbocycles. The van der Waals surface area contributed by atoms with E-state index in [1.54, 1.807) is 0 Å². The first-order chi connectivity index (χ1) is 10.2. The van der Waals surface area contributed by atoms with Crippen LogP contribution in [0.15, 0.2) is 23.3 Å². The third-order valence-corrected chi connectivity index (χ3v) is 4.67. The van der Waals surface area contributed by atoms with Crippen molar-refractivity contribution in [2.24, 2.45) is 10.4 Å². The molecule has 22 heavy (non-hydrogen) atoms. The average Bonchev–Trinajstić information content (AvgIpc) is 3.12. The average molecular weight is 416 g/mol. The van der Waals surface area contributed by atoms with Crippen molar-refractivity contribution in [3.8, 4) is 0 Å². The van der Waals surface area contributed by atoms with Crippen LogP contribution < -0.4 is 5.32 Å². The summed E-state index contributed by atoms with van der Waals surface area (Å²) >= 11 is 0. The van der Waals surface area contributed by atoms with Gasteiger partial charge in [0.15, 0.2) is 5.96 Å². The molecule has 0 aromatic carbocycles. The van der Waals surface area contributed by atoms with E-state index < -0.39 is 0 Å². The number of likely N-dealkylation sites (tertiary alicyclic amines) is 1. The summed E-state index contributed by atoms with van der Waals surface area (Å²) in [7, 11) is 1.85. The molecule has 2 fully saturated rings. The van der Waals surface area contributed by atoms with E-state index in [4.69, 9.17) is 4.74 Å². The van der Waals surface area contributed by atoms with Crippen LogP contribution in [0.3, 0.4) is 0 Å². The van der Waals surface area contributed by atoms with Crippen molar-refractivity contribution in [3.05, 3.63) is 29.6 Å². The molecule has 1 aromatic heterocycles. The second-order valence-corrected chi connectivity index (χ2v) is 6.14. The van der Waals surface area contributed by atoms with Crippen molar-refractivity contribution in [1.29, 1.82) is 0 Å². The maximum absolute atomic E-state index is 5.59. The van der Waals surface area contributed by atoms with E-state index in [9.17, 15) is 0 Å². The molecule has 0 aliphatic carbocycles. The fourth-order valence-electron chi connectivity index (χ4n) is 3.29. The molecule has 122 valence electrons. The van der Waals surface area contributed by atoms with Gasteiger partial charge in [0.2, 0.25) is 0 Å². The number of aliphatic imine (C=N–C) groups is 1. The van der Waals surface area contributed by atoms with Gasteiger partial charge in [0.05, 0.1) is 18.8 Å². The van der Waals surface area contributed by atoms with Crippen LogP contribution in [-0.4, -0.2) is 49.2 Å². The Hall–Kier alpha value is -0.890. The third kappa shape index (κ3) is 3.71. The van der Waals surface area contributed by atoms with Gasteiger partial charge < -0.3 is 15.0 Å². The van der Waals surface area contributed by atoms with Gasteiger partial charge >= 0.3 is 0 Å². The smallest absolute Gasteiger partial charge is 0.193 e. The molecular formula is C16H25IN4O. The van der Waals surface area contributed by atoms with Crippen molar-refractivity contribution < 1.29 is 4.74 Å². The van der Waals surface area contributed by atoms with Gasteiger partial charge in [-0.05, 0) is 31.4 Å². The number of aromatic nitrogens is 1. The first kappa shape index (κ1) is 17.5. The molecule has 0 amide bonds. The number of nitrogens with zero attached hydrogens (tertiary/aromatic N) is 3. The lowest BCUT2D eigenvalue weighted by Crippen LogP contribution is -2.41. The molecule has 1 aromatic rings. The predicted octanol–water partition coefficient (Wildman–Crippen LogP) is 2.20. The lowest BCUT2D eigenvalue weighted by molar-refractivity contribution is 0.156. The molecule has 2 aliphatic rings. The zero-order valence-electron chi connectivity index (χ0n) is 13.3. The quantitative estimate of drug-likeness (QED) is 0.456. The second-order valence-electron chi connectivity index (χ2n) is 6.14. The summed E-state index contributed by atoms with van der Waals surface area (Å²) < 4.78 is 5.59. The number of hydrogen-bond donors (Lipinski definition) is 1. The van der Waals surface area contributed by atoms with Crippen molar-refractivity contribution in [2.75, 3.05) is 33.4 Å². The number of nitrogens with one attached hydrogen (secondary N) is 1.